The lowest BCUT2D eigenvalue weighted by Gasteiger charge is -2.59. The molecule has 0 saturated heterocycles. The van der Waals surface area contributed by atoms with E-state index in [1.54, 1.807) is 0 Å². The van der Waals surface area contributed by atoms with Crippen molar-refractivity contribution in [3.05, 3.63) is 29.8 Å². The fraction of sp³-hybridized carbons (Fsp3) is 0.682. The Morgan fingerprint density at radius 2 is 1.60 bits per heavy atom. The maximum Gasteiger partial charge on any atom is 0.238 e. The molecule has 1 N–H and O–H groups in total. The number of benzene rings is 1. The molecular formula is C22H32N2O. The van der Waals surface area contributed by atoms with E-state index in [4.69, 9.17) is 0 Å². The van der Waals surface area contributed by atoms with Crippen molar-refractivity contribution in [2.24, 2.45) is 17.8 Å². The summed E-state index contributed by atoms with van der Waals surface area (Å²) in [7, 11) is 2.18. The number of hydrogen-bond acceptors (Lipinski definition) is 2. The van der Waals surface area contributed by atoms with Crippen molar-refractivity contribution in [2.45, 2.75) is 63.8 Å². The molecule has 4 aliphatic carbocycles. The largest absolute Gasteiger partial charge is 0.325 e. The molecule has 0 unspecified atom stereocenters. The Morgan fingerprint density at radius 1 is 1.08 bits per heavy atom. The van der Waals surface area contributed by atoms with Crippen molar-refractivity contribution in [3.63, 3.8) is 0 Å². The van der Waals surface area contributed by atoms with Gasteiger partial charge in [-0.25, -0.2) is 0 Å². The Bertz CT molecular complexity index is 599. The van der Waals surface area contributed by atoms with E-state index in [2.05, 4.69) is 43.2 Å². The van der Waals surface area contributed by atoms with Gasteiger partial charge in [-0.15, -0.1) is 0 Å². The molecule has 0 aliphatic heterocycles. The lowest BCUT2D eigenvalue weighted by Crippen LogP contribution is -2.59. The molecule has 1 amide bonds. The molecule has 0 aromatic heterocycles. The number of hydrogen-bond donors (Lipinski definition) is 1. The van der Waals surface area contributed by atoms with E-state index in [0.717, 1.165) is 23.4 Å². The summed E-state index contributed by atoms with van der Waals surface area (Å²) < 4.78 is 0. The van der Waals surface area contributed by atoms with Crippen LogP contribution in [0, 0.1) is 17.8 Å². The van der Waals surface area contributed by atoms with Crippen LogP contribution in [0.2, 0.25) is 0 Å². The Kier molecular flexibility index (Phi) is 4.39. The van der Waals surface area contributed by atoms with Crippen molar-refractivity contribution < 1.29 is 4.79 Å². The van der Waals surface area contributed by atoms with Crippen molar-refractivity contribution >= 4 is 11.6 Å². The van der Waals surface area contributed by atoms with Crippen LogP contribution in [-0.4, -0.2) is 29.9 Å². The average molecular weight is 341 g/mol. The predicted molar refractivity (Wildman–Crippen MR) is 103 cm³/mol. The van der Waals surface area contributed by atoms with E-state index in [0.29, 0.717) is 18.0 Å². The SMILES string of the molecule is CC(C)c1ccc(NC(=O)CN(C)C23CC4CC(CC(C4)C2)C3)cc1. The van der Waals surface area contributed by atoms with Gasteiger partial charge in [-0.3, -0.25) is 9.69 Å². The summed E-state index contributed by atoms with van der Waals surface area (Å²) in [6, 6.07) is 8.28. The normalized spacial score (nSPS) is 33.2. The molecule has 0 atom stereocenters. The first-order valence-electron chi connectivity index (χ1n) is 10.0. The van der Waals surface area contributed by atoms with Gasteiger partial charge in [0.05, 0.1) is 6.54 Å². The first-order valence-corrected chi connectivity index (χ1v) is 10.0. The molecule has 4 aliphatic rings. The second-order valence-corrected chi connectivity index (χ2v) is 9.32. The summed E-state index contributed by atoms with van der Waals surface area (Å²) in [5.74, 6) is 3.39. The lowest BCUT2D eigenvalue weighted by atomic mass is 9.52. The maximum atomic E-state index is 12.6. The smallest absolute Gasteiger partial charge is 0.238 e. The molecule has 1 aromatic carbocycles. The van der Waals surface area contributed by atoms with Crippen LogP contribution in [0.25, 0.3) is 0 Å². The van der Waals surface area contributed by atoms with Crippen LogP contribution in [0.3, 0.4) is 0 Å². The third kappa shape index (κ3) is 3.36. The second kappa shape index (κ2) is 6.42. The monoisotopic (exact) mass is 340 g/mol. The first kappa shape index (κ1) is 17.1. The van der Waals surface area contributed by atoms with E-state index in [1.807, 2.05) is 12.1 Å². The number of likely N-dealkylation sites (N-methyl/N-ethyl adjacent to an activating group) is 1. The highest BCUT2D eigenvalue weighted by molar-refractivity contribution is 5.92. The van der Waals surface area contributed by atoms with Gasteiger partial charge in [0.25, 0.3) is 0 Å². The molecule has 25 heavy (non-hydrogen) atoms. The van der Waals surface area contributed by atoms with Gasteiger partial charge in [0.1, 0.15) is 0 Å². The van der Waals surface area contributed by atoms with Gasteiger partial charge in [-0.2, -0.15) is 0 Å². The molecule has 1 aromatic rings. The summed E-state index contributed by atoms with van der Waals surface area (Å²) >= 11 is 0. The minimum absolute atomic E-state index is 0.121. The van der Waals surface area contributed by atoms with Crippen molar-refractivity contribution in [1.82, 2.24) is 4.90 Å². The van der Waals surface area contributed by atoms with Crippen LogP contribution < -0.4 is 5.32 Å². The molecule has 0 heterocycles. The van der Waals surface area contributed by atoms with Gasteiger partial charge in [0.15, 0.2) is 0 Å². The highest BCUT2D eigenvalue weighted by atomic mass is 16.2. The number of amides is 1. The Morgan fingerprint density at radius 3 is 2.08 bits per heavy atom. The third-order valence-electron chi connectivity index (χ3n) is 7.06. The summed E-state index contributed by atoms with van der Waals surface area (Å²) in [5, 5.41) is 3.09. The summed E-state index contributed by atoms with van der Waals surface area (Å²) in [6.07, 6.45) is 8.27. The van der Waals surface area contributed by atoms with Gasteiger partial charge in [-0.1, -0.05) is 26.0 Å². The molecule has 4 bridgehead atoms. The molecule has 5 rings (SSSR count). The topological polar surface area (TPSA) is 32.3 Å². The minimum Gasteiger partial charge on any atom is -0.325 e. The van der Waals surface area contributed by atoms with Gasteiger partial charge in [0, 0.05) is 11.2 Å². The number of carbonyl (C=O) groups excluding carboxylic acids is 1. The lowest BCUT2D eigenvalue weighted by molar-refractivity contribution is -0.123. The molecule has 3 heteroatoms. The van der Waals surface area contributed by atoms with Gasteiger partial charge in [-0.05, 0) is 86.9 Å². The Labute approximate surface area is 152 Å². The van der Waals surface area contributed by atoms with E-state index in [9.17, 15) is 4.79 Å². The third-order valence-corrected chi connectivity index (χ3v) is 7.06. The van der Waals surface area contributed by atoms with E-state index < -0.39 is 0 Å². The maximum absolute atomic E-state index is 12.6. The molecule has 0 radical (unpaired) electrons. The Balaban J connectivity index is 1.37. The molecule has 4 saturated carbocycles. The van der Waals surface area contributed by atoms with Gasteiger partial charge < -0.3 is 5.32 Å². The molecule has 136 valence electrons. The summed E-state index contributed by atoms with van der Waals surface area (Å²) in [4.78, 5) is 15.0. The standard InChI is InChI=1S/C22H32N2O/c1-15(2)19-4-6-20(7-5-19)23-21(25)14-24(3)22-11-16-8-17(12-22)10-18(9-16)13-22/h4-7,15-18H,8-14H2,1-3H3,(H,23,25). The fourth-order valence-corrected chi connectivity index (χ4v) is 6.07. The van der Waals surface area contributed by atoms with Gasteiger partial charge in [0.2, 0.25) is 5.91 Å². The van der Waals surface area contributed by atoms with Crippen LogP contribution >= 0.6 is 0 Å². The van der Waals surface area contributed by atoms with Crippen LogP contribution in [-0.2, 0) is 4.79 Å². The predicted octanol–water partition coefficient (Wildman–Crippen LogP) is 4.65. The quantitative estimate of drug-likeness (QED) is 0.846. The molecule has 3 nitrogen and oxygen atoms in total. The summed E-state index contributed by atoms with van der Waals surface area (Å²) in [6.45, 7) is 4.89. The van der Waals surface area contributed by atoms with Crippen LogP contribution in [0.15, 0.2) is 24.3 Å². The van der Waals surface area contributed by atoms with E-state index in [-0.39, 0.29) is 5.91 Å². The number of carbonyl (C=O) groups is 1. The van der Waals surface area contributed by atoms with Crippen molar-refractivity contribution in [3.8, 4) is 0 Å². The fourth-order valence-electron chi connectivity index (χ4n) is 6.07. The highest BCUT2D eigenvalue weighted by Crippen LogP contribution is 2.57. The van der Waals surface area contributed by atoms with Crippen LogP contribution in [0.4, 0.5) is 5.69 Å². The molecular weight excluding hydrogens is 308 g/mol. The number of nitrogens with zero attached hydrogens (tertiary/aromatic N) is 1. The highest BCUT2D eigenvalue weighted by Gasteiger charge is 2.52. The van der Waals surface area contributed by atoms with Gasteiger partial charge >= 0.3 is 0 Å². The summed E-state index contributed by atoms with van der Waals surface area (Å²) in [5.41, 5.74) is 2.52. The van der Waals surface area contributed by atoms with E-state index >= 15 is 0 Å². The Hall–Kier alpha value is -1.35. The van der Waals surface area contributed by atoms with Crippen molar-refractivity contribution in [2.75, 3.05) is 18.9 Å². The zero-order chi connectivity index (χ0) is 17.6. The second-order valence-electron chi connectivity index (χ2n) is 9.32. The molecule has 4 fully saturated rings. The van der Waals surface area contributed by atoms with Crippen LogP contribution in [0.1, 0.15) is 63.9 Å². The van der Waals surface area contributed by atoms with E-state index in [1.165, 1.54) is 44.1 Å². The molecule has 0 spiro atoms. The zero-order valence-electron chi connectivity index (χ0n) is 15.9. The zero-order valence-corrected chi connectivity index (χ0v) is 15.9. The minimum atomic E-state index is 0.121. The van der Waals surface area contributed by atoms with Crippen LogP contribution in [0.5, 0.6) is 0 Å². The number of nitrogens with one attached hydrogen (secondary N) is 1. The average Bonchev–Trinajstić information content (AvgIpc) is 2.54. The number of anilines is 1. The first-order chi connectivity index (χ1) is 11.9. The van der Waals surface area contributed by atoms with Crippen molar-refractivity contribution in [1.29, 1.82) is 0 Å². The number of rotatable bonds is 5.